The lowest BCUT2D eigenvalue weighted by Gasteiger charge is -2.24. The van der Waals surface area contributed by atoms with Gasteiger partial charge in [0.2, 0.25) is 0 Å². The van der Waals surface area contributed by atoms with Crippen LogP contribution in [-0.4, -0.2) is 26.9 Å². The third-order valence-corrected chi connectivity index (χ3v) is 4.55. The number of benzene rings is 2. The number of hydrogen-bond acceptors (Lipinski definition) is 4. The molecular weight excluding hydrogens is 338 g/mol. The van der Waals surface area contributed by atoms with Crippen LogP contribution in [-0.2, 0) is 18.3 Å². The molecule has 2 N–H and O–H groups in total. The Kier molecular flexibility index (Phi) is 7.55. The van der Waals surface area contributed by atoms with E-state index in [-0.39, 0.29) is 5.41 Å². The molecule has 0 atom stereocenters. The Morgan fingerprint density at radius 2 is 1.63 bits per heavy atom. The summed E-state index contributed by atoms with van der Waals surface area (Å²) in [6.45, 7) is 10.3. The summed E-state index contributed by atoms with van der Waals surface area (Å²) in [5.74, 6) is 2.51. The second kappa shape index (κ2) is 9.65. The molecular formula is C23H33NO3. The molecule has 0 aromatic heterocycles. The van der Waals surface area contributed by atoms with Crippen molar-refractivity contribution in [3.8, 4) is 17.2 Å². The fraction of sp³-hybridized carbons (Fsp3) is 0.478. The summed E-state index contributed by atoms with van der Waals surface area (Å²) in [4.78, 5) is 0. The van der Waals surface area contributed by atoms with E-state index in [1.54, 1.807) is 7.11 Å². The molecule has 0 bridgehead atoms. The molecule has 4 heteroatoms. The lowest BCUT2D eigenvalue weighted by Crippen LogP contribution is -2.16. The maximum absolute atomic E-state index is 6.06. The first-order chi connectivity index (χ1) is 12.9. The van der Waals surface area contributed by atoms with Gasteiger partial charge in [-0.15, -0.1) is 0 Å². The van der Waals surface area contributed by atoms with Crippen LogP contribution in [0.4, 0.5) is 0 Å². The van der Waals surface area contributed by atoms with Crippen molar-refractivity contribution in [3.05, 3.63) is 53.1 Å². The predicted octanol–water partition coefficient (Wildman–Crippen LogP) is 4.51. The summed E-state index contributed by atoms with van der Waals surface area (Å²) in [6, 6.07) is 12.3. The van der Waals surface area contributed by atoms with Crippen molar-refractivity contribution < 1.29 is 14.2 Å². The Morgan fingerprint density at radius 3 is 2.22 bits per heavy atom. The average Bonchev–Trinajstić information content (AvgIpc) is 2.65. The van der Waals surface area contributed by atoms with Crippen LogP contribution in [0.25, 0.3) is 0 Å². The van der Waals surface area contributed by atoms with Gasteiger partial charge < -0.3 is 19.9 Å². The van der Waals surface area contributed by atoms with E-state index < -0.39 is 0 Å². The van der Waals surface area contributed by atoms with Gasteiger partial charge in [0, 0.05) is 6.07 Å². The van der Waals surface area contributed by atoms with Crippen LogP contribution < -0.4 is 19.9 Å². The minimum Gasteiger partial charge on any atom is -0.497 e. The predicted molar refractivity (Wildman–Crippen MR) is 111 cm³/mol. The zero-order valence-corrected chi connectivity index (χ0v) is 17.3. The lowest BCUT2D eigenvalue weighted by molar-refractivity contribution is 0.212. The van der Waals surface area contributed by atoms with Gasteiger partial charge >= 0.3 is 0 Å². The van der Waals surface area contributed by atoms with E-state index in [9.17, 15) is 0 Å². The summed E-state index contributed by atoms with van der Waals surface area (Å²) in [7, 11) is 1.65. The molecule has 2 rings (SSSR count). The van der Waals surface area contributed by atoms with Crippen LogP contribution in [0.15, 0.2) is 36.4 Å². The van der Waals surface area contributed by atoms with Crippen molar-refractivity contribution in [1.29, 1.82) is 0 Å². The van der Waals surface area contributed by atoms with Gasteiger partial charge in [-0.3, -0.25) is 0 Å². The molecule has 0 heterocycles. The van der Waals surface area contributed by atoms with E-state index in [0.29, 0.717) is 19.8 Å². The molecule has 0 amide bonds. The Bertz CT molecular complexity index is 735. The molecule has 148 valence electrons. The SMILES string of the molecule is CCc1ccc(OCCOc2cc(OC)ccc2CCN)c(C(C)(C)C)c1. The highest BCUT2D eigenvalue weighted by Gasteiger charge is 2.19. The van der Waals surface area contributed by atoms with E-state index in [4.69, 9.17) is 19.9 Å². The molecule has 0 fully saturated rings. The number of methoxy groups -OCH3 is 1. The van der Waals surface area contributed by atoms with Crippen molar-refractivity contribution >= 4 is 0 Å². The van der Waals surface area contributed by atoms with Crippen LogP contribution in [0.5, 0.6) is 17.2 Å². The number of ether oxygens (including phenoxy) is 3. The van der Waals surface area contributed by atoms with Crippen molar-refractivity contribution in [2.24, 2.45) is 5.73 Å². The van der Waals surface area contributed by atoms with Gasteiger partial charge in [-0.2, -0.15) is 0 Å². The quantitative estimate of drug-likeness (QED) is 0.659. The van der Waals surface area contributed by atoms with Crippen molar-refractivity contribution in [1.82, 2.24) is 0 Å². The molecule has 0 radical (unpaired) electrons. The molecule has 4 nitrogen and oxygen atoms in total. The first-order valence-corrected chi connectivity index (χ1v) is 9.65. The molecule has 2 aromatic carbocycles. The normalized spacial score (nSPS) is 11.3. The first kappa shape index (κ1) is 21.1. The maximum atomic E-state index is 6.06. The third kappa shape index (κ3) is 5.90. The second-order valence-corrected chi connectivity index (χ2v) is 7.64. The summed E-state index contributed by atoms with van der Waals surface area (Å²) < 4.78 is 17.3. The summed E-state index contributed by atoms with van der Waals surface area (Å²) >= 11 is 0. The molecule has 0 spiro atoms. The molecule has 0 aliphatic rings. The Balaban J connectivity index is 2.03. The van der Waals surface area contributed by atoms with Crippen molar-refractivity contribution in [3.63, 3.8) is 0 Å². The highest BCUT2D eigenvalue weighted by atomic mass is 16.5. The Labute approximate surface area is 163 Å². The minimum absolute atomic E-state index is 0.0302. The Hall–Kier alpha value is -2.20. The van der Waals surface area contributed by atoms with E-state index >= 15 is 0 Å². The highest BCUT2D eigenvalue weighted by Crippen LogP contribution is 2.32. The monoisotopic (exact) mass is 371 g/mol. The second-order valence-electron chi connectivity index (χ2n) is 7.64. The van der Waals surface area contributed by atoms with Gasteiger partial charge in [0.25, 0.3) is 0 Å². The smallest absolute Gasteiger partial charge is 0.126 e. The summed E-state index contributed by atoms with van der Waals surface area (Å²) in [5.41, 5.74) is 9.37. The van der Waals surface area contributed by atoms with Crippen LogP contribution in [0.3, 0.4) is 0 Å². The van der Waals surface area contributed by atoms with Gasteiger partial charge in [-0.1, -0.05) is 45.9 Å². The van der Waals surface area contributed by atoms with Gasteiger partial charge in [0.1, 0.15) is 30.5 Å². The van der Waals surface area contributed by atoms with E-state index in [1.807, 2.05) is 18.2 Å². The summed E-state index contributed by atoms with van der Waals surface area (Å²) in [6.07, 6.45) is 1.79. The van der Waals surface area contributed by atoms with Gasteiger partial charge in [0.15, 0.2) is 0 Å². The zero-order valence-electron chi connectivity index (χ0n) is 17.3. The zero-order chi connectivity index (χ0) is 19.9. The van der Waals surface area contributed by atoms with E-state index in [1.165, 1.54) is 11.1 Å². The number of nitrogens with two attached hydrogens (primary N) is 1. The van der Waals surface area contributed by atoms with Crippen LogP contribution in [0.1, 0.15) is 44.4 Å². The maximum Gasteiger partial charge on any atom is 0.126 e. The van der Waals surface area contributed by atoms with E-state index in [2.05, 4.69) is 45.9 Å². The number of rotatable bonds is 9. The molecule has 0 saturated heterocycles. The number of hydrogen-bond donors (Lipinski definition) is 1. The van der Waals surface area contributed by atoms with Crippen molar-refractivity contribution in [2.45, 2.75) is 46.0 Å². The standard InChI is InChI=1S/C23H33NO3/c1-6-17-7-10-21(20(15-17)23(2,3)4)26-13-14-27-22-16-19(25-5)9-8-18(22)11-12-24/h7-10,15-16H,6,11-14,24H2,1-5H3. The molecule has 0 aliphatic heterocycles. The molecule has 0 aliphatic carbocycles. The van der Waals surface area contributed by atoms with Gasteiger partial charge in [0.05, 0.1) is 7.11 Å². The fourth-order valence-electron chi connectivity index (χ4n) is 2.97. The topological polar surface area (TPSA) is 53.7 Å². The summed E-state index contributed by atoms with van der Waals surface area (Å²) in [5, 5.41) is 0. The molecule has 0 unspecified atom stereocenters. The fourth-order valence-corrected chi connectivity index (χ4v) is 2.97. The average molecular weight is 372 g/mol. The third-order valence-electron chi connectivity index (χ3n) is 4.55. The first-order valence-electron chi connectivity index (χ1n) is 9.65. The Morgan fingerprint density at radius 1 is 0.926 bits per heavy atom. The van der Waals surface area contributed by atoms with Crippen LogP contribution in [0, 0.1) is 0 Å². The van der Waals surface area contributed by atoms with Gasteiger partial charge in [-0.05, 0) is 53.6 Å². The highest BCUT2D eigenvalue weighted by molar-refractivity contribution is 5.42. The van der Waals surface area contributed by atoms with Crippen LogP contribution >= 0.6 is 0 Å². The van der Waals surface area contributed by atoms with Crippen molar-refractivity contribution in [2.75, 3.05) is 26.9 Å². The van der Waals surface area contributed by atoms with Crippen LogP contribution in [0.2, 0.25) is 0 Å². The molecule has 27 heavy (non-hydrogen) atoms. The molecule has 0 saturated carbocycles. The van der Waals surface area contributed by atoms with Gasteiger partial charge in [-0.25, -0.2) is 0 Å². The number of aryl methyl sites for hydroxylation is 1. The largest absolute Gasteiger partial charge is 0.497 e. The van der Waals surface area contributed by atoms with E-state index in [0.717, 1.165) is 35.7 Å². The lowest BCUT2D eigenvalue weighted by atomic mass is 9.85. The minimum atomic E-state index is 0.0302. The molecule has 2 aromatic rings.